The lowest BCUT2D eigenvalue weighted by atomic mass is 10.9. The molecule has 0 aliphatic carbocycles. The molecule has 0 fully saturated rings. The van der Waals surface area contributed by atoms with Gasteiger partial charge in [0.25, 0.3) is 0 Å². The van der Waals surface area contributed by atoms with Crippen LogP contribution in [0, 0.1) is 0 Å². The van der Waals surface area contributed by atoms with E-state index in [1.165, 1.54) is 0 Å². The fourth-order valence-electron chi connectivity index (χ4n) is 1.24. The zero-order valence-corrected chi connectivity index (χ0v) is 12.2. The maximum atomic E-state index is 6.00. The van der Waals surface area contributed by atoms with Crippen LogP contribution in [-0.2, 0) is 13.0 Å². The Bertz CT molecular complexity index is 201. The second-order valence-corrected chi connectivity index (χ2v) is 9.68. The molecule has 0 rings (SSSR count). The Balaban J connectivity index is 4.61. The first-order valence-corrected chi connectivity index (χ1v) is 9.99. The Morgan fingerprint density at radius 1 is 0.933 bits per heavy atom. The standard InChI is InChI=1S/C10H22O3Si2/c1-7-11-14(5,9-3)13-15(6,10-4)12-8-2/h9-10H,3-4,7-8H2,1-2,5-6H3. The summed E-state index contributed by atoms with van der Waals surface area (Å²) in [5.74, 6) is 0. The summed E-state index contributed by atoms with van der Waals surface area (Å²) in [6.45, 7) is 16.6. The first kappa shape index (κ1) is 14.8. The molecule has 0 amide bonds. The second kappa shape index (κ2) is 6.39. The first-order valence-electron chi connectivity index (χ1n) is 5.20. The highest BCUT2D eigenvalue weighted by Crippen LogP contribution is 2.18. The molecule has 0 aromatic heterocycles. The van der Waals surface area contributed by atoms with Crippen molar-refractivity contribution in [3.05, 3.63) is 24.6 Å². The molecule has 0 N–H and O–H groups in total. The van der Waals surface area contributed by atoms with Gasteiger partial charge >= 0.3 is 17.1 Å². The van der Waals surface area contributed by atoms with Crippen LogP contribution in [0.3, 0.4) is 0 Å². The van der Waals surface area contributed by atoms with E-state index in [-0.39, 0.29) is 0 Å². The van der Waals surface area contributed by atoms with Gasteiger partial charge in [0.1, 0.15) is 0 Å². The summed E-state index contributed by atoms with van der Waals surface area (Å²) in [6.07, 6.45) is 0. The van der Waals surface area contributed by atoms with Crippen molar-refractivity contribution in [2.45, 2.75) is 26.9 Å². The largest absolute Gasteiger partial charge is 0.409 e. The smallest absolute Gasteiger partial charge is 0.352 e. The highest BCUT2D eigenvalue weighted by Gasteiger charge is 2.39. The molecule has 0 saturated heterocycles. The van der Waals surface area contributed by atoms with Crippen LogP contribution in [0.15, 0.2) is 24.6 Å². The van der Waals surface area contributed by atoms with E-state index < -0.39 is 17.1 Å². The Morgan fingerprint density at radius 3 is 1.47 bits per heavy atom. The van der Waals surface area contributed by atoms with Crippen LogP contribution < -0.4 is 0 Å². The maximum absolute atomic E-state index is 6.00. The third-order valence-corrected chi connectivity index (χ3v) is 8.46. The third-order valence-electron chi connectivity index (χ3n) is 2.01. The van der Waals surface area contributed by atoms with Crippen LogP contribution in [0.4, 0.5) is 0 Å². The average Bonchev–Trinajstić information content (AvgIpc) is 2.18. The quantitative estimate of drug-likeness (QED) is 0.616. The molecular weight excluding hydrogens is 224 g/mol. The Kier molecular flexibility index (Phi) is 6.30. The van der Waals surface area contributed by atoms with E-state index in [1.807, 2.05) is 26.9 Å². The Labute approximate surface area is 95.2 Å². The van der Waals surface area contributed by atoms with E-state index in [2.05, 4.69) is 13.2 Å². The van der Waals surface area contributed by atoms with Gasteiger partial charge in [-0.3, -0.25) is 0 Å². The van der Waals surface area contributed by atoms with E-state index in [4.69, 9.17) is 13.0 Å². The van der Waals surface area contributed by atoms with Crippen molar-refractivity contribution in [1.29, 1.82) is 0 Å². The van der Waals surface area contributed by atoms with Gasteiger partial charge in [-0.05, 0) is 26.9 Å². The van der Waals surface area contributed by atoms with Gasteiger partial charge in [-0.2, -0.15) is 0 Å². The molecule has 0 spiro atoms. The van der Waals surface area contributed by atoms with E-state index in [9.17, 15) is 0 Å². The molecule has 0 radical (unpaired) electrons. The zero-order chi connectivity index (χ0) is 11.9. The van der Waals surface area contributed by atoms with Gasteiger partial charge in [0.05, 0.1) is 0 Å². The normalized spacial score (nSPS) is 18.9. The summed E-state index contributed by atoms with van der Waals surface area (Å²) in [5, 5.41) is 0. The van der Waals surface area contributed by atoms with Crippen LogP contribution in [0.1, 0.15) is 13.8 Å². The molecule has 3 nitrogen and oxygen atoms in total. The summed E-state index contributed by atoms with van der Waals surface area (Å²) in [7, 11) is -4.58. The topological polar surface area (TPSA) is 27.7 Å². The fraction of sp³-hybridized carbons (Fsp3) is 0.600. The lowest BCUT2D eigenvalue weighted by Gasteiger charge is -2.32. The molecule has 0 aliphatic rings. The van der Waals surface area contributed by atoms with Crippen molar-refractivity contribution < 1.29 is 13.0 Å². The summed E-state index contributed by atoms with van der Waals surface area (Å²) in [5.41, 5.74) is 3.56. The molecule has 88 valence electrons. The van der Waals surface area contributed by atoms with E-state index in [1.54, 1.807) is 11.4 Å². The molecule has 0 saturated carbocycles. The van der Waals surface area contributed by atoms with Crippen molar-refractivity contribution in [3.63, 3.8) is 0 Å². The predicted molar refractivity (Wildman–Crippen MR) is 68.0 cm³/mol. The lowest BCUT2D eigenvalue weighted by molar-refractivity contribution is 0.215. The van der Waals surface area contributed by atoms with Gasteiger partial charge in [-0.15, -0.1) is 13.2 Å². The molecule has 0 aromatic carbocycles. The van der Waals surface area contributed by atoms with E-state index >= 15 is 0 Å². The molecule has 15 heavy (non-hydrogen) atoms. The van der Waals surface area contributed by atoms with Crippen molar-refractivity contribution in [2.75, 3.05) is 13.2 Å². The molecule has 0 aliphatic heterocycles. The zero-order valence-electron chi connectivity index (χ0n) is 10.2. The van der Waals surface area contributed by atoms with Crippen LogP contribution in [-0.4, -0.2) is 30.3 Å². The molecule has 0 bridgehead atoms. The van der Waals surface area contributed by atoms with Crippen LogP contribution in [0.25, 0.3) is 0 Å². The van der Waals surface area contributed by atoms with Gasteiger partial charge in [-0.25, -0.2) is 0 Å². The molecule has 5 heteroatoms. The minimum atomic E-state index is -2.29. The predicted octanol–water partition coefficient (Wildman–Crippen LogP) is 2.67. The number of hydrogen-bond acceptors (Lipinski definition) is 3. The van der Waals surface area contributed by atoms with E-state index in [0.717, 1.165) is 0 Å². The van der Waals surface area contributed by atoms with E-state index in [0.29, 0.717) is 13.2 Å². The van der Waals surface area contributed by atoms with Crippen molar-refractivity contribution in [2.24, 2.45) is 0 Å². The van der Waals surface area contributed by atoms with Crippen LogP contribution in [0.2, 0.25) is 13.1 Å². The summed E-state index contributed by atoms with van der Waals surface area (Å²) in [6, 6.07) is 0. The minimum Gasteiger partial charge on any atom is -0.409 e. The van der Waals surface area contributed by atoms with Gasteiger partial charge in [0.15, 0.2) is 0 Å². The minimum absolute atomic E-state index is 0.627. The molecular formula is C10H22O3Si2. The van der Waals surface area contributed by atoms with Crippen molar-refractivity contribution in [3.8, 4) is 0 Å². The SMILES string of the molecule is C=C[Si](C)(OCC)O[Si](C)(C=C)OCC. The van der Waals surface area contributed by atoms with Gasteiger partial charge in [0, 0.05) is 13.2 Å². The van der Waals surface area contributed by atoms with Crippen LogP contribution in [0.5, 0.6) is 0 Å². The van der Waals surface area contributed by atoms with Gasteiger partial charge in [-0.1, -0.05) is 11.4 Å². The lowest BCUT2D eigenvalue weighted by Crippen LogP contribution is -2.50. The summed E-state index contributed by atoms with van der Waals surface area (Å²) < 4.78 is 17.3. The molecule has 2 atom stereocenters. The van der Waals surface area contributed by atoms with Crippen molar-refractivity contribution in [1.82, 2.24) is 0 Å². The Hall–Kier alpha value is -0.206. The van der Waals surface area contributed by atoms with Crippen LogP contribution >= 0.6 is 0 Å². The maximum Gasteiger partial charge on any atom is 0.352 e. The van der Waals surface area contributed by atoms with Gasteiger partial charge in [0.2, 0.25) is 0 Å². The monoisotopic (exact) mass is 246 g/mol. The third kappa shape index (κ3) is 4.90. The fourth-order valence-corrected chi connectivity index (χ4v) is 6.97. The highest BCUT2D eigenvalue weighted by atomic mass is 28.5. The summed E-state index contributed by atoms with van der Waals surface area (Å²) >= 11 is 0. The molecule has 0 aromatic rings. The first-order chi connectivity index (χ1) is 6.95. The average molecular weight is 246 g/mol. The van der Waals surface area contributed by atoms with Gasteiger partial charge < -0.3 is 13.0 Å². The summed E-state index contributed by atoms with van der Waals surface area (Å²) in [4.78, 5) is 0. The number of hydrogen-bond donors (Lipinski definition) is 0. The molecule has 2 unspecified atom stereocenters. The second-order valence-electron chi connectivity index (χ2n) is 3.41. The Morgan fingerprint density at radius 2 is 1.27 bits per heavy atom. The van der Waals surface area contributed by atoms with Crippen molar-refractivity contribution >= 4 is 17.1 Å². The number of rotatable bonds is 8. The molecule has 0 heterocycles. The highest BCUT2D eigenvalue weighted by molar-refractivity contribution is 6.84.